The van der Waals surface area contributed by atoms with E-state index in [4.69, 9.17) is 4.74 Å². The fraction of sp³-hybridized carbons (Fsp3) is 1.00. The number of hydrogen-bond donors (Lipinski definition) is 0. The summed E-state index contributed by atoms with van der Waals surface area (Å²) in [6.07, 6.45) is 5.59. The molecule has 0 saturated carbocycles. The summed E-state index contributed by atoms with van der Waals surface area (Å²) in [6, 6.07) is 0.831. The van der Waals surface area contributed by atoms with Gasteiger partial charge in [0.25, 0.3) is 0 Å². The maximum Gasteiger partial charge on any atom is 0.0593 e. The molecule has 2 saturated heterocycles. The van der Waals surface area contributed by atoms with Crippen LogP contribution in [0.1, 0.15) is 32.6 Å². The van der Waals surface area contributed by atoms with Crippen LogP contribution in [-0.2, 0) is 4.74 Å². The maximum atomic E-state index is 5.46. The molecule has 16 heavy (non-hydrogen) atoms. The Balaban J connectivity index is 1.77. The summed E-state index contributed by atoms with van der Waals surface area (Å²) < 4.78 is 5.46. The van der Waals surface area contributed by atoms with Gasteiger partial charge in [0.1, 0.15) is 0 Å². The summed E-state index contributed by atoms with van der Waals surface area (Å²) in [7, 11) is 0. The molecule has 0 aliphatic carbocycles. The Bertz CT molecular complexity index is 198. The Kier molecular flexibility index (Phi) is 5.07. The highest BCUT2D eigenvalue weighted by atomic mass is 16.5. The summed E-state index contributed by atoms with van der Waals surface area (Å²) in [4.78, 5) is 5.32. The molecule has 0 aromatic heterocycles. The lowest BCUT2D eigenvalue weighted by molar-refractivity contribution is 0.0975. The van der Waals surface area contributed by atoms with Crippen molar-refractivity contribution in [3.8, 4) is 0 Å². The van der Waals surface area contributed by atoms with Crippen molar-refractivity contribution in [3.05, 3.63) is 0 Å². The van der Waals surface area contributed by atoms with Crippen molar-refractivity contribution in [3.63, 3.8) is 0 Å². The summed E-state index contributed by atoms with van der Waals surface area (Å²) >= 11 is 0. The quantitative estimate of drug-likeness (QED) is 0.677. The number of fused-ring (bicyclic) bond motifs is 1. The van der Waals surface area contributed by atoms with E-state index in [2.05, 4.69) is 16.7 Å². The minimum Gasteiger partial charge on any atom is -0.380 e. The smallest absolute Gasteiger partial charge is 0.0593 e. The second-order valence-electron chi connectivity index (χ2n) is 5.04. The van der Waals surface area contributed by atoms with Crippen LogP contribution in [0.5, 0.6) is 0 Å². The Hall–Kier alpha value is -0.120. The SMILES string of the molecule is CCOCCN1CCCN2CCCCC2C1. The van der Waals surface area contributed by atoms with Gasteiger partial charge in [0, 0.05) is 25.7 Å². The molecule has 2 aliphatic heterocycles. The Morgan fingerprint density at radius 2 is 2.00 bits per heavy atom. The number of hydrogen-bond acceptors (Lipinski definition) is 3. The zero-order valence-corrected chi connectivity index (χ0v) is 10.7. The van der Waals surface area contributed by atoms with E-state index in [1.54, 1.807) is 0 Å². The zero-order chi connectivity index (χ0) is 11.2. The van der Waals surface area contributed by atoms with E-state index in [-0.39, 0.29) is 0 Å². The standard InChI is InChI=1S/C13H26N2O/c1-2-16-11-10-14-7-5-9-15-8-4-3-6-13(15)12-14/h13H,2-12H2,1H3. The first-order valence-corrected chi connectivity index (χ1v) is 6.94. The molecule has 3 nitrogen and oxygen atoms in total. The van der Waals surface area contributed by atoms with E-state index in [0.717, 1.165) is 25.8 Å². The van der Waals surface area contributed by atoms with Crippen LogP contribution in [0.4, 0.5) is 0 Å². The highest BCUT2D eigenvalue weighted by Gasteiger charge is 2.26. The van der Waals surface area contributed by atoms with Crippen molar-refractivity contribution in [2.24, 2.45) is 0 Å². The summed E-state index contributed by atoms with van der Waals surface area (Å²) in [5, 5.41) is 0. The van der Waals surface area contributed by atoms with E-state index in [0.29, 0.717) is 0 Å². The van der Waals surface area contributed by atoms with Crippen LogP contribution in [0.25, 0.3) is 0 Å². The maximum absolute atomic E-state index is 5.46. The van der Waals surface area contributed by atoms with E-state index >= 15 is 0 Å². The van der Waals surface area contributed by atoms with Gasteiger partial charge in [-0.25, -0.2) is 0 Å². The Morgan fingerprint density at radius 3 is 2.88 bits per heavy atom. The molecule has 2 rings (SSSR count). The lowest BCUT2D eigenvalue weighted by atomic mass is 10.0. The topological polar surface area (TPSA) is 15.7 Å². The molecule has 0 spiro atoms. The van der Waals surface area contributed by atoms with Gasteiger partial charge >= 0.3 is 0 Å². The number of rotatable bonds is 4. The lowest BCUT2D eigenvalue weighted by Gasteiger charge is -2.35. The van der Waals surface area contributed by atoms with Crippen LogP contribution in [0.15, 0.2) is 0 Å². The number of ether oxygens (including phenoxy) is 1. The first-order valence-electron chi connectivity index (χ1n) is 6.94. The van der Waals surface area contributed by atoms with Crippen molar-refractivity contribution in [2.75, 3.05) is 45.9 Å². The predicted octanol–water partition coefficient (Wildman–Crippen LogP) is 1.58. The van der Waals surface area contributed by atoms with Gasteiger partial charge < -0.3 is 4.74 Å². The summed E-state index contributed by atoms with van der Waals surface area (Å²) in [6.45, 7) is 10.1. The Morgan fingerprint density at radius 1 is 1.12 bits per heavy atom. The monoisotopic (exact) mass is 226 g/mol. The third-order valence-corrected chi connectivity index (χ3v) is 3.89. The van der Waals surface area contributed by atoms with Crippen LogP contribution >= 0.6 is 0 Å². The molecule has 2 fully saturated rings. The minimum absolute atomic E-state index is 0.831. The molecule has 1 unspecified atom stereocenters. The zero-order valence-electron chi connectivity index (χ0n) is 10.7. The molecule has 0 amide bonds. The van der Waals surface area contributed by atoms with Gasteiger partial charge in [-0.3, -0.25) is 9.80 Å². The van der Waals surface area contributed by atoms with Crippen LogP contribution < -0.4 is 0 Å². The second kappa shape index (κ2) is 6.58. The van der Waals surface area contributed by atoms with Crippen molar-refractivity contribution in [1.82, 2.24) is 9.80 Å². The molecule has 94 valence electrons. The molecule has 0 aromatic carbocycles. The Labute approximate surface area is 99.7 Å². The third-order valence-electron chi connectivity index (χ3n) is 3.89. The first-order chi connectivity index (χ1) is 7.90. The van der Waals surface area contributed by atoms with Gasteiger partial charge in [-0.15, -0.1) is 0 Å². The van der Waals surface area contributed by atoms with E-state index in [1.807, 2.05) is 0 Å². The molecule has 0 bridgehead atoms. The second-order valence-corrected chi connectivity index (χ2v) is 5.04. The van der Waals surface area contributed by atoms with Crippen molar-refractivity contribution >= 4 is 0 Å². The average molecular weight is 226 g/mol. The van der Waals surface area contributed by atoms with Crippen LogP contribution in [0.3, 0.4) is 0 Å². The summed E-state index contributed by atoms with van der Waals surface area (Å²) in [5.74, 6) is 0. The van der Waals surface area contributed by atoms with E-state index in [1.165, 1.54) is 51.9 Å². The fourth-order valence-corrected chi connectivity index (χ4v) is 2.99. The van der Waals surface area contributed by atoms with Gasteiger partial charge in [-0.1, -0.05) is 6.42 Å². The lowest BCUT2D eigenvalue weighted by Crippen LogP contribution is -2.44. The molecule has 0 radical (unpaired) electrons. The molecule has 2 aliphatic rings. The molecule has 0 N–H and O–H groups in total. The highest BCUT2D eigenvalue weighted by molar-refractivity contribution is 4.83. The van der Waals surface area contributed by atoms with Gasteiger partial charge in [0.05, 0.1) is 6.61 Å². The number of piperidine rings is 1. The first kappa shape index (κ1) is 12.3. The fourth-order valence-electron chi connectivity index (χ4n) is 2.99. The van der Waals surface area contributed by atoms with Gasteiger partial charge in [0.15, 0.2) is 0 Å². The van der Waals surface area contributed by atoms with Crippen molar-refractivity contribution < 1.29 is 4.74 Å². The van der Waals surface area contributed by atoms with Gasteiger partial charge in [-0.2, -0.15) is 0 Å². The molecule has 3 heteroatoms. The minimum atomic E-state index is 0.831. The summed E-state index contributed by atoms with van der Waals surface area (Å²) in [5.41, 5.74) is 0. The van der Waals surface area contributed by atoms with Gasteiger partial charge in [-0.05, 0) is 45.8 Å². The molecule has 0 aromatic rings. The van der Waals surface area contributed by atoms with Gasteiger partial charge in [0.2, 0.25) is 0 Å². The van der Waals surface area contributed by atoms with Crippen molar-refractivity contribution in [2.45, 2.75) is 38.6 Å². The van der Waals surface area contributed by atoms with E-state index < -0.39 is 0 Å². The highest BCUT2D eigenvalue weighted by Crippen LogP contribution is 2.20. The predicted molar refractivity (Wildman–Crippen MR) is 66.8 cm³/mol. The average Bonchev–Trinajstić information content (AvgIpc) is 2.51. The third kappa shape index (κ3) is 3.44. The van der Waals surface area contributed by atoms with E-state index in [9.17, 15) is 0 Å². The van der Waals surface area contributed by atoms with Crippen LogP contribution in [0.2, 0.25) is 0 Å². The van der Waals surface area contributed by atoms with Crippen LogP contribution in [0, 0.1) is 0 Å². The molecule has 1 atom stereocenters. The molecular formula is C13H26N2O. The van der Waals surface area contributed by atoms with Crippen LogP contribution in [-0.4, -0.2) is 61.8 Å². The molecular weight excluding hydrogens is 200 g/mol. The van der Waals surface area contributed by atoms with Crippen molar-refractivity contribution in [1.29, 1.82) is 0 Å². The number of nitrogens with zero attached hydrogens (tertiary/aromatic N) is 2. The normalized spacial score (nSPS) is 28.7. The largest absolute Gasteiger partial charge is 0.380 e. The molecule has 2 heterocycles.